The van der Waals surface area contributed by atoms with Crippen LogP contribution in [0.1, 0.15) is 45.1 Å². The number of amides is 1. The number of aromatic nitrogens is 2. The van der Waals surface area contributed by atoms with E-state index in [2.05, 4.69) is 21.7 Å². The minimum atomic E-state index is -0.590. The van der Waals surface area contributed by atoms with E-state index in [0.717, 1.165) is 43.3 Å². The number of nitrogens with zero attached hydrogens (tertiary/aromatic N) is 5. The first-order chi connectivity index (χ1) is 13.8. The lowest BCUT2D eigenvalue weighted by Crippen LogP contribution is -2.42. The van der Waals surface area contributed by atoms with Crippen molar-refractivity contribution < 1.29 is 9.53 Å². The van der Waals surface area contributed by atoms with Crippen molar-refractivity contribution in [1.29, 1.82) is 10.5 Å². The molecule has 4 rings (SSSR count). The summed E-state index contributed by atoms with van der Waals surface area (Å²) in [5.74, 6) is 0.364. The Hall–Kier alpha value is -3.06. The van der Waals surface area contributed by atoms with Crippen LogP contribution in [-0.4, -0.2) is 39.2 Å². The Kier molecular flexibility index (Phi) is 4.70. The molecule has 2 aliphatic rings. The van der Waals surface area contributed by atoms with Gasteiger partial charge in [0.2, 0.25) is 0 Å². The van der Waals surface area contributed by atoms with Crippen LogP contribution in [0.15, 0.2) is 24.5 Å². The van der Waals surface area contributed by atoms with Gasteiger partial charge in [0.25, 0.3) is 0 Å². The number of carbonyl (C=O) groups is 1. The van der Waals surface area contributed by atoms with E-state index >= 15 is 0 Å². The molecule has 2 fully saturated rings. The molecule has 29 heavy (non-hydrogen) atoms. The van der Waals surface area contributed by atoms with Crippen molar-refractivity contribution in [2.24, 2.45) is 11.3 Å². The van der Waals surface area contributed by atoms with Crippen molar-refractivity contribution in [3.8, 4) is 12.1 Å². The summed E-state index contributed by atoms with van der Waals surface area (Å²) >= 11 is 0. The highest BCUT2D eigenvalue weighted by Crippen LogP contribution is 2.41. The van der Waals surface area contributed by atoms with Crippen molar-refractivity contribution in [2.75, 3.05) is 13.1 Å². The Morgan fingerprint density at radius 3 is 2.97 bits per heavy atom. The van der Waals surface area contributed by atoms with Crippen molar-refractivity contribution in [3.05, 3.63) is 30.1 Å². The average molecular weight is 391 g/mol. The number of hydrogen-bond donors (Lipinski definition) is 0. The van der Waals surface area contributed by atoms with Gasteiger partial charge >= 0.3 is 6.09 Å². The Balaban J connectivity index is 1.49. The molecule has 1 aliphatic carbocycles. The van der Waals surface area contributed by atoms with Crippen LogP contribution in [0.25, 0.3) is 11.0 Å². The lowest BCUT2D eigenvalue weighted by Gasteiger charge is -2.36. The molecule has 7 nitrogen and oxygen atoms in total. The molecule has 1 aliphatic heterocycles. The molecular formula is C22H25N5O2. The first-order valence-corrected chi connectivity index (χ1v) is 10.1. The van der Waals surface area contributed by atoms with E-state index in [-0.39, 0.29) is 6.09 Å². The van der Waals surface area contributed by atoms with Crippen molar-refractivity contribution in [2.45, 2.75) is 51.7 Å². The summed E-state index contributed by atoms with van der Waals surface area (Å²) in [4.78, 5) is 18.6. The summed E-state index contributed by atoms with van der Waals surface area (Å²) in [5, 5.41) is 18.5. The zero-order valence-corrected chi connectivity index (χ0v) is 16.9. The maximum atomic E-state index is 12.5. The zero-order chi connectivity index (χ0) is 20.6. The number of ether oxygens (including phenoxy) is 1. The second kappa shape index (κ2) is 7.08. The average Bonchev–Trinajstić information content (AvgIpc) is 3.21. The molecule has 1 saturated carbocycles. The molecule has 0 bridgehead atoms. The smallest absolute Gasteiger partial charge is 0.410 e. The number of fused-ring (bicyclic) bond motifs is 1. The first-order valence-electron chi connectivity index (χ1n) is 10.1. The molecule has 2 atom stereocenters. The van der Waals surface area contributed by atoms with Gasteiger partial charge in [-0.1, -0.05) is 0 Å². The van der Waals surface area contributed by atoms with E-state index in [1.807, 2.05) is 32.3 Å². The Morgan fingerprint density at radius 1 is 1.38 bits per heavy atom. The highest BCUT2D eigenvalue weighted by Gasteiger charge is 2.48. The van der Waals surface area contributed by atoms with Crippen LogP contribution >= 0.6 is 0 Å². The largest absolute Gasteiger partial charge is 0.441 e. The molecule has 7 heteroatoms. The highest BCUT2D eigenvalue weighted by molar-refractivity contribution is 5.77. The maximum Gasteiger partial charge on any atom is 0.410 e. The van der Waals surface area contributed by atoms with Crippen LogP contribution < -0.4 is 0 Å². The van der Waals surface area contributed by atoms with Gasteiger partial charge in [0.15, 0.2) is 0 Å². The van der Waals surface area contributed by atoms with Gasteiger partial charge in [-0.05, 0) is 63.6 Å². The standard InChI is InChI=1S/C22H25N5O2/c1-21(2,12-24)13-27-14-22(29-20(27)28)7-3-4-17(9-22)11-26-15-25-18-6-5-16(10-23)8-19(18)26/h5-6,8,15,17H,3-4,7,9,11,13-14H2,1-2H3. The van der Waals surface area contributed by atoms with Crippen molar-refractivity contribution in [3.63, 3.8) is 0 Å². The van der Waals surface area contributed by atoms with Gasteiger partial charge < -0.3 is 14.2 Å². The summed E-state index contributed by atoms with van der Waals surface area (Å²) in [6.07, 6.45) is 5.27. The van der Waals surface area contributed by atoms with Crippen LogP contribution in [0, 0.1) is 34.0 Å². The quantitative estimate of drug-likeness (QED) is 0.789. The molecule has 0 radical (unpaired) electrons. The fourth-order valence-electron chi connectivity index (χ4n) is 4.71. The molecule has 0 N–H and O–H groups in total. The lowest BCUT2D eigenvalue weighted by molar-refractivity contribution is 0.00413. The van der Waals surface area contributed by atoms with E-state index in [4.69, 9.17) is 4.74 Å². The molecule has 1 saturated heterocycles. The summed E-state index contributed by atoms with van der Waals surface area (Å²) in [6.45, 7) is 5.41. The fraction of sp³-hybridized carbons (Fsp3) is 0.545. The fourth-order valence-corrected chi connectivity index (χ4v) is 4.71. The van der Waals surface area contributed by atoms with E-state index < -0.39 is 11.0 Å². The second-order valence-corrected chi connectivity index (χ2v) is 9.08. The highest BCUT2D eigenvalue weighted by atomic mass is 16.6. The van der Waals surface area contributed by atoms with E-state index in [0.29, 0.717) is 24.6 Å². The number of benzene rings is 1. The third-order valence-electron chi connectivity index (χ3n) is 6.04. The zero-order valence-electron chi connectivity index (χ0n) is 16.9. The van der Waals surface area contributed by atoms with E-state index in [1.165, 1.54) is 0 Å². The maximum absolute atomic E-state index is 12.5. The molecule has 1 aromatic carbocycles. The van der Waals surface area contributed by atoms with Gasteiger partial charge in [-0.15, -0.1) is 0 Å². The summed E-state index contributed by atoms with van der Waals surface area (Å²) in [5.41, 5.74) is 1.42. The molecule has 2 heterocycles. The molecule has 1 spiro atoms. The molecule has 150 valence electrons. The number of imidazole rings is 1. The van der Waals surface area contributed by atoms with Crippen LogP contribution in [0.4, 0.5) is 4.79 Å². The lowest BCUT2D eigenvalue weighted by atomic mass is 9.77. The van der Waals surface area contributed by atoms with Gasteiger partial charge in [-0.3, -0.25) is 0 Å². The number of rotatable bonds is 4. The minimum absolute atomic E-state index is 0.305. The van der Waals surface area contributed by atoms with Crippen LogP contribution in [0.5, 0.6) is 0 Å². The number of carbonyl (C=O) groups excluding carboxylic acids is 1. The number of hydrogen-bond acceptors (Lipinski definition) is 5. The van der Waals surface area contributed by atoms with Gasteiger partial charge in [0.05, 0.1) is 47.0 Å². The van der Waals surface area contributed by atoms with Gasteiger partial charge in [0.1, 0.15) is 5.60 Å². The summed E-state index contributed by atoms with van der Waals surface area (Å²) < 4.78 is 7.98. The SMILES string of the molecule is CC(C)(C#N)CN1CC2(CCCC(Cn3cnc4ccc(C#N)cc43)C2)OC1=O. The number of nitriles is 2. The third kappa shape index (κ3) is 3.78. The van der Waals surface area contributed by atoms with Crippen molar-refractivity contribution in [1.82, 2.24) is 14.5 Å². The van der Waals surface area contributed by atoms with E-state index in [9.17, 15) is 15.3 Å². The summed E-state index contributed by atoms with van der Waals surface area (Å²) in [7, 11) is 0. The molecule has 2 unspecified atom stereocenters. The monoisotopic (exact) mass is 391 g/mol. The predicted octanol–water partition coefficient (Wildman–Crippen LogP) is 3.84. The Morgan fingerprint density at radius 2 is 2.21 bits per heavy atom. The van der Waals surface area contributed by atoms with Crippen LogP contribution in [0.3, 0.4) is 0 Å². The molecule has 2 aromatic rings. The second-order valence-electron chi connectivity index (χ2n) is 9.08. The molecular weight excluding hydrogens is 366 g/mol. The Bertz CT molecular complexity index is 1030. The first kappa shape index (κ1) is 19.3. The van der Waals surface area contributed by atoms with Gasteiger partial charge in [-0.2, -0.15) is 10.5 Å². The van der Waals surface area contributed by atoms with Crippen LogP contribution in [0.2, 0.25) is 0 Å². The predicted molar refractivity (Wildman–Crippen MR) is 107 cm³/mol. The molecule has 1 aromatic heterocycles. The minimum Gasteiger partial charge on any atom is -0.441 e. The third-order valence-corrected chi connectivity index (χ3v) is 6.04. The van der Waals surface area contributed by atoms with E-state index in [1.54, 1.807) is 11.0 Å². The summed E-state index contributed by atoms with van der Waals surface area (Å²) in [6, 6.07) is 9.98. The topological polar surface area (TPSA) is 94.9 Å². The Labute approximate surface area is 170 Å². The van der Waals surface area contributed by atoms with Gasteiger partial charge in [-0.25, -0.2) is 9.78 Å². The van der Waals surface area contributed by atoms with Gasteiger partial charge in [0, 0.05) is 13.1 Å². The normalized spacial score (nSPS) is 24.5. The van der Waals surface area contributed by atoms with Crippen LogP contribution in [-0.2, 0) is 11.3 Å². The van der Waals surface area contributed by atoms with Crippen molar-refractivity contribution >= 4 is 17.1 Å². The molecule has 1 amide bonds.